The average molecular weight is 548 g/mol. The van der Waals surface area contributed by atoms with Crippen LogP contribution < -0.4 is 10.6 Å². The summed E-state index contributed by atoms with van der Waals surface area (Å²) in [6, 6.07) is 8.88. The lowest BCUT2D eigenvalue weighted by Gasteiger charge is -2.36. The van der Waals surface area contributed by atoms with E-state index < -0.39 is 42.2 Å². The van der Waals surface area contributed by atoms with E-state index in [4.69, 9.17) is 16.3 Å². The molecule has 9 nitrogen and oxygen atoms in total. The van der Waals surface area contributed by atoms with Crippen LogP contribution in [-0.4, -0.2) is 57.8 Å². The number of phenols is 1. The van der Waals surface area contributed by atoms with Gasteiger partial charge in [0.1, 0.15) is 23.4 Å². The number of aliphatic hydroxyl groups excluding tert-OH is 1. The molecule has 2 aromatic carbocycles. The number of anilines is 1. The van der Waals surface area contributed by atoms with Gasteiger partial charge in [0.15, 0.2) is 0 Å². The van der Waals surface area contributed by atoms with E-state index in [-0.39, 0.29) is 23.8 Å². The van der Waals surface area contributed by atoms with Crippen molar-refractivity contribution < 1.29 is 29.3 Å². The van der Waals surface area contributed by atoms with Crippen LogP contribution in [0, 0.1) is 12.8 Å². The molecule has 0 radical (unpaired) electrons. The fourth-order valence-electron chi connectivity index (χ4n) is 3.92. The third-order valence-corrected chi connectivity index (χ3v) is 6.35. The molecule has 3 amide bonds. The molecule has 3 unspecified atom stereocenters. The van der Waals surface area contributed by atoms with Gasteiger partial charge >= 0.3 is 6.09 Å². The molecule has 0 saturated heterocycles. The first-order chi connectivity index (χ1) is 17.8. The molecule has 38 heavy (non-hydrogen) atoms. The van der Waals surface area contributed by atoms with E-state index in [0.29, 0.717) is 22.7 Å². The molecule has 4 N–H and O–H groups in total. The maximum absolute atomic E-state index is 14.0. The van der Waals surface area contributed by atoms with Crippen molar-refractivity contribution in [2.75, 3.05) is 18.5 Å². The van der Waals surface area contributed by atoms with E-state index in [2.05, 4.69) is 10.6 Å². The molecule has 0 aliphatic carbocycles. The fraction of sp³-hybridized carbons (Fsp3) is 0.464. The predicted molar refractivity (Wildman–Crippen MR) is 147 cm³/mol. The van der Waals surface area contributed by atoms with Gasteiger partial charge < -0.3 is 30.5 Å². The molecule has 2 aromatic rings. The Labute approximate surface area is 229 Å². The van der Waals surface area contributed by atoms with Crippen LogP contribution in [0.1, 0.15) is 58.2 Å². The number of para-hydroxylation sites is 2. The first kappa shape index (κ1) is 30.9. The lowest BCUT2D eigenvalue weighted by atomic mass is 9.95. The number of aryl methyl sites for hydroxylation is 1. The second-order valence-corrected chi connectivity index (χ2v) is 10.6. The molecule has 0 heterocycles. The van der Waals surface area contributed by atoms with Crippen LogP contribution in [0.25, 0.3) is 0 Å². The number of benzene rings is 2. The summed E-state index contributed by atoms with van der Waals surface area (Å²) < 4.78 is 5.37. The first-order valence-corrected chi connectivity index (χ1v) is 12.9. The molecule has 0 aromatic heterocycles. The van der Waals surface area contributed by atoms with E-state index in [1.807, 2.05) is 6.92 Å². The molecule has 10 heteroatoms. The number of ether oxygens (including phenoxy) is 1. The Morgan fingerprint density at radius 3 is 2.32 bits per heavy atom. The highest BCUT2D eigenvalue weighted by Gasteiger charge is 2.39. The van der Waals surface area contributed by atoms with Crippen molar-refractivity contribution in [1.82, 2.24) is 10.2 Å². The number of carbonyl (C=O) groups excluding carboxylic acids is 3. The zero-order valence-electron chi connectivity index (χ0n) is 22.7. The van der Waals surface area contributed by atoms with Gasteiger partial charge in [-0.25, -0.2) is 4.79 Å². The largest absolute Gasteiger partial charge is 0.508 e. The average Bonchev–Trinajstić information content (AvgIpc) is 2.83. The number of phenolic OH excluding ortho intramolecular Hbond substituents is 1. The zero-order chi connectivity index (χ0) is 28.6. The second kappa shape index (κ2) is 13.5. The smallest absolute Gasteiger partial charge is 0.408 e. The third kappa shape index (κ3) is 8.10. The minimum absolute atomic E-state index is 0.150. The second-order valence-electron chi connectivity index (χ2n) is 10.1. The van der Waals surface area contributed by atoms with Crippen LogP contribution in [0.5, 0.6) is 5.75 Å². The standard InChI is InChI=1S/C28H38ClN3O6/c1-7-17(2)23(31-27(37)38-28(4,5)6)26(36)32(15-16-33)24(19-12-8-9-14-21(19)34)25(35)30-22-18(3)11-10-13-20(22)29/h8-14,17,23-24,33-34H,7,15-16H2,1-6H3,(H,30,35)(H,31,37). The Hall–Kier alpha value is -3.30. The Morgan fingerprint density at radius 1 is 1.11 bits per heavy atom. The predicted octanol–water partition coefficient (Wildman–Crippen LogP) is 4.79. The van der Waals surface area contributed by atoms with Crippen molar-refractivity contribution in [3.05, 3.63) is 58.6 Å². The molecule has 0 saturated carbocycles. The van der Waals surface area contributed by atoms with Crippen molar-refractivity contribution in [3.8, 4) is 5.75 Å². The van der Waals surface area contributed by atoms with Gasteiger partial charge in [-0.05, 0) is 51.3 Å². The van der Waals surface area contributed by atoms with Crippen LogP contribution in [0.15, 0.2) is 42.5 Å². The summed E-state index contributed by atoms with van der Waals surface area (Å²) in [5.74, 6) is -1.81. The van der Waals surface area contributed by atoms with Gasteiger partial charge in [-0.15, -0.1) is 0 Å². The van der Waals surface area contributed by atoms with Crippen LogP contribution in [0.2, 0.25) is 5.02 Å². The number of nitrogens with one attached hydrogen (secondary N) is 2. The molecule has 0 spiro atoms. The topological polar surface area (TPSA) is 128 Å². The molecular formula is C28H38ClN3O6. The lowest BCUT2D eigenvalue weighted by molar-refractivity contribution is -0.142. The normalized spacial score (nSPS) is 13.7. The number of carbonyl (C=O) groups is 3. The van der Waals surface area contributed by atoms with E-state index in [1.165, 1.54) is 12.1 Å². The van der Waals surface area contributed by atoms with Crippen LogP contribution >= 0.6 is 11.6 Å². The summed E-state index contributed by atoms with van der Waals surface area (Å²) in [5, 5.41) is 26.3. The van der Waals surface area contributed by atoms with Gasteiger partial charge in [0.25, 0.3) is 5.91 Å². The number of hydrogen-bond acceptors (Lipinski definition) is 6. The third-order valence-electron chi connectivity index (χ3n) is 6.04. The quantitative estimate of drug-likeness (QED) is 0.338. The van der Waals surface area contributed by atoms with Crippen molar-refractivity contribution in [2.45, 2.75) is 65.6 Å². The van der Waals surface area contributed by atoms with Crippen molar-refractivity contribution in [3.63, 3.8) is 0 Å². The summed E-state index contributed by atoms with van der Waals surface area (Å²) in [4.78, 5) is 41.6. The summed E-state index contributed by atoms with van der Waals surface area (Å²) in [7, 11) is 0. The Bertz CT molecular complexity index is 1110. The molecule has 0 fully saturated rings. The molecule has 0 aliphatic rings. The molecular weight excluding hydrogens is 510 g/mol. The summed E-state index contributed by atoms with van der Waals surface area (Å²) in [5.41, 5.74) is 0.423. The summed E-state index contributed by atoms with van der Waals surface area (Å²) in [6.45, 7) is 9.85. The van der Waals surface area contributed by atoms with Gasteiger partial charge in [-0.3, -0.25) is 9.59 Å². The van der Waals surface area contributed by atoms with Crippen LogP contribution in [-0.2, 0) is 14.3 Å². The first-order valence-electron chi connectivity index (χ1n) is 12.5. The number of aromatic hydroxyl groups is 1. The Kier molecular flexibility index (Phi) is 11.0. The monoisotopic (exact) mass is 547 g/mol. The molecule has 0 aliphatic heterocycles. The van der Waals surface area contributed by atoms with Gasteiger partial charge in [-0.1, -0.05) is 62.2 Å². The maximum atomic E-state index is 14.0. The van der Waals surface area contributed by atoms with Crippen molar-refractivity contribution >= 4 is 35.2 Å². The van der Waals surface area contributed by atoms with Crippen molar-refractivity contribution in [1.29, 1.82) is 0 Å². The SMILES string of the molecule is CCC(C)C(NC(=O)OC(C)(C)C)C(=O)N(CCO)C(C(=O)Nc1c(C)cccc1Cl)c1ccccc1O. The summed E-state index contributed by atoms with van der Waals surface area (Å²) >= 11 is 6.33. The highest BCUT2D eigenvalue weighted by atomic mass is 35.5. The maximum Gasteiger partial charge on any atom is 0.408 e. The van der Waals surface area contributed by atoms with Gasteiger partial charge in [0, 0.05) is 12.1 Å². The van der Waals surface area contributed by atoms with E-state index >= 15 is 0 Å². The highest BCUT2D eigenvalue weighted by Crippen LogP contribution is 2.33. The number of aliphatic hydroxyl groups is 1. The van der Waals surface area contributed by atoms with Gasteiger partial charge in [0.05, 0.1) is 17.3 Å². The van der Waals surface area contributed by atoms with Gasteiger partial charge in [0.2, 0.25) is 5.91 Å². The lowest BCUT2D eigenvalue weighted by Crippen LogP contribution is -2.55. The minimum Gasteiger partial charge on any atom is -0.508 e. The minimum atomic E-state index is -1.35. The molecule has 2 rings (SSSR count). The fourth-order valence-corrected chi connectivity index (χ4v) is 4.19. The van der Waals surface area contributed by atoms with Crippen LogP contribution in [0.4, 0.5) is 10.5 Å². The number of hydrogen-bond donors (Lipinski definition) is 4. The van der Waals surface area contributed by atoms with Gasteiger partial charge in [-0.2, -0.15) is 0 Å². The van der Waals surface area contributed by atoms with Crippen molar-refractivity contribution in [2.24, 2.45) is 5.92 Å². The number of halogens is 1. The number of alkyl carbamates (subject to hydrolysis) is 1. The van der Waals surface area contributed by atoms with Crippen LogP contribution in [0.3, 0.4) is 0 Å². The molecule has 208 valence electrons. The molecule has 3 atom stereocenters. The zero-order valence-corrected chi connectivity index (χ0v) is 23.5. The number of rotatable bonds is 10. The number of amides is 3. The summed E-state index contributed by atoms with van der Waals surface area (Å²) in [6.07, 6.45) is -0.249. The number of nitrogens with zero attached hydrogens (tertiary/aromatic N) is 1. The van der Waals surface area contributed by atoms with E-state index in [1.54, 1.807) is 65.0 Å². The highest BCUT2D eigenvalue weighted by molar-refractivity contribution is 6.34. The van der Waals surface area contributed by atoms with E-state index in [0.717, 1.165) is 4.90 Å². The van der Waals surface area contributed by atoms with E-state index in [9.17, 15) is 24.6 Å². The Balaban J connectivity index is 2.57. The molecule has 0 bridgehead atoms. The Morgan fingerprint density at radius 2 is 1.76 bits per heavy atom.